The Morgan fingerprint density at radius 1 is 1.47 bits per heavy atom. The lowest BCUT2D eigenvalue weighted by molar-refractivity contribution is 0.0523. The van der Waals surface area contributed by atoms with Crippen molar-refractivity contribution in [3.8, 4) is 0 Å². The SMILES string of the molecule is CC(C)(C)OC(=O)NCc1cccc(I)c1Br. The number of ether oxygens (including phenoxy) is 1. The summed E-state index contributed by atoms with van der Waals surface area (Å²) in [6.07, 6.45) is -0.400. The van der Waals surface area contributed by atoms with Crippen LogP contribution in [0.5, 0.6) is 0 Å². The fourth-order valence-electron chi connectivity index (χ4n) is 1.17. The summed E-state index contributed by atoms with van der Waals surface area (Å²) in [5.41, 5.74) is 0.564. The molecule has 0 bridgehead atoms. The monoisotopic (exact) mass is 411 g/mol. The topological polar surface area (TPSA) is 38.3 Å². The van der Waals surface area contributed by atoms with E-state index in [1.54, 1.807) is 0 Å². The summed E-state index contributed by atoms with van der Waals surface area (Å²) < 4.78 is 7.29. The molecule has 0 spiro atoms. The van der Waals surface area contributed by atoms with E-state index in [1.807, 2.05) is 39.0 Å². The molecule has 0 aliphatic heterocycles. The van der Waals surface area contributed by atoms with Crippen LogP contribution >= 0.6 is 38.5 Å². The van der Waals surface area contributed by atoms with Crippen molar-refractivity contribution in [1.82, 2.24) is 5.32 Å². The molecule has 0 saturated carbocycles. The molecule has 1 aromatic carbocycles. The molecule has 0 atom stereocenters. The zero-order valence-electron chi connectivity index (χ0n) is 10.0. The normalized spacial score (nSPS) is 11.1. The van der Waals surface area contributed by atoms with Crippen LogP contribution < -0.4 is 5.32 Å². The van der Waals surface area contributed by atoms with E-state index in [-0.39, 0.29) is 0 Å². The maximum atomic E-state index is 11.5. The van der Waals surface area contributed by atoms with E-state index in [0.29, 0.717) is 6.54 Å². The van der Waals surface area contributed by atoms with E-state index in [4.69, 9.17) is 4.74 Å². The molecule has 0 aliphatic carbocycles. The number of hydrogen-bond acceptors (Lipinski definition) is 2. The van der Waals surface area contributed by atoms with Crippen LogP contribution in [0.3, 0.4) is 0 Å². The molecule has 1 N–H and O–H groups in total. The van der Waals surface area contributed by atoms with Crippen molar-refractivity contribution in [2.75, 3.05) is 0 Å². The van der Waals surface area contributed by atoms with Crippen LogP contribution in [-0.2, 0) is 11.3 Å². The lowest BCUT2D eigenvalue weighted by atomic mass is 10.2. The van der Waals surface area contributed by atoms with Crippen LogP contribution in [-0.4, -0.2) is 11.7 Å². The fraction of sp³-hybridized carbons (Fsp3) is 0.417. The van der Waals surface area contributed by atoms with Crippen LogP contribution in [0.1, 0.15) is 26.3 Å². The third kappa shape index (κ3) is 5.25. The second kappa shape index (κ2) is 6.04. The molecule has 3 nitrogen and oxygen atoms in total. The lowest BCUT2D eigenvalue weighted by Gasteiger charge is -2.19. The zero-order valence-corrected chi connectivity index (χ0v) is 13.8. The first-order chi connectivity index (χ1) is 7.79. The summed E-state index contributed by atoms with van der Waals surface area (Å²) in [4.78, 5) is 11.5. The molecule has 17 heavy (non-hydrogen) atoms. The van der Waals surface area contributed by atoms with Crippen molar-refractivity contribution < 1.29 is 9.53 Å². The summed E-state index contributed by atoms with van der Waals surface area (Å²) in [6.45, 7) is 5.97. The average Bonchev–Trinajstić information content (AvgIpc) is 2.18. The predicted molar refractivity (Wildman–Crippen MR) is 79.9 cm³/mol. The Hall–Kier alpha value is -0.300. The molecule has 0 aliphatic rings. The van der Waals surface area contributed by atoms with Gasteiger partial charge in [0.1, 0.15) is 5.60 Å². The van der Waals surface area contributed by atoms with Gasteiger partial charge in [0.2, 0.25) is 0 Å². The highest BCUT2D eigenvalue weighted by Gasteiger charge is 2.16. The summed E-state index contributed by atoms with van der Waals surface area (Å²) in [6, 6.07) is 5.92. The Labute approximate surface area is 124 Å². The summed E-state index contributed by atoms with van der Waals surface area (Å²) in [7, 11) is 0. The molecule has 0 fully saturated rings. The van der Waals surface area contributed by atoms with Gasteiger partial charge in [-0.25, -0.2) is 4.79 Å². The van der Waals surface area contributed by atoms with Gasteiger partial charge in [0.15, 0.2) is 0 Å². The van der Waals surface area contributed by atoms with Crippen LogP contribution in [0.15, 0.2) is 22.7 Å². The number of halogens is 2. The molecule has 0 saturated heterocycles. The molecule has 1 amide bonds. The Balaban J connectivity index is 2.56. The predicted octanol–water partition coefficient (Wildman–Crippen LogP) is 4.08. The number of amides is 1. The molecule has 0 radical (unpaired) electrons. The summed E-state index contributed by atoms with van der Waals surface area (Å²) in [5.74, 6) is 0. The fourth-order valence-corrected chi connectivity index (χ4v) is 2.13. The molecule has 1 rings (SSSR count). The van der Waals surface area contributed by atoms with Gasteiger partial charge >= 0.3 is 6.09 Å². The highest BCUT2D eigenvalue weighted by Crippen LogP contribution is 2.23. The van der Waals surface area contributed by atoms with Gasteiger partial charge in [-0.1, -0.05) is 12.1 Å². The minimum atomic E-state index is -0.466. The lowest BCUT2D eigenvalue weighted by Crippen LogP contribution is -2.32. The maximum Gasteiger partial charge on any atom is 0.407 e. The van der Waals surface area contributed by atoms with E-state index in [9.17, 15) is 4.79 Å². The number of hydrogen-bond donors (Lipinski definition) is 1. The molecule has 0 aromatic heterocycles. The van der Waals surface area contributed by atoms with Crippen molar-refractivity contribution in [1.29, 1.82) is 0 Å². The van der Waals surface area contributed by atoms with Crippen molar-refractivity contribution in [3.05, 3.63) is 31.8 Å². The Morgan fingerprint density at radius 2 is 2.12 bits per heavy atom. The second-order valence-electron chi connectivity index (χ2n) is 4.57. The van der Waals surface area contributed by atoms with Crippen molar-refractivity contribution >= 4 is 44.6 Å². The number of carbonyl (C=O) groups is 1. The van der Waals surface area contributed by atoms with Crippen LogP contribution in [0.25, 0.3) is 0 Å². The first kappa shape index (κ1) is 14.8. The number of carbonyl (C=O) groups excluding carboxylic acids is 1. The van der Waals surface area contributed by atoms with E-state index >= 15 is 0 Å². The first-order valence-electron chi connectivity index (χ1n) is 5.19. The van der Waals surface area contributed by atoms with Crippen LogP contribution in [0, 0.1) is 3.57 Å². The van der Waals surface area contributed by atoms with E-state index < -0.39 is 11.7 Å². The molecular weight excluding hydrogens is 397 g/mol. The minimum Gasteiger partial charge on any atom is -0.444 e. The van der Waals surface area contributed by atoms with Gasteiger partial charge in [-0.15, -0.1) is 0 Å². The number of benzene rings is 1. The van der Waals surface area contributed by atoms with Gasteiger partial charge in [0.25, 0.3) is 0 Å². The third-order valence-electron chi connectivity index (χ3n) is 1.85. The number of alkyl carbamates (subject to hydrolysis) is 1. The molecule has 0 unspecified atom stereocenters. The first-order valence-corrected chi connectivity index (χ1v) is 7.06. The van der Waals surface area contributed by atoms with Gasteiger partial charge in [0.05, 0.1) is 0 Å². The highest BCUT2D eigenvalue weighted by atomic mass is 127. The minimum absolute atomic E-state index is 0.400. The molecule has 5 heteroatoms. The zero-order chi connectivity index (χ0) is 13.1. The summed E-state index contributed by atoms with van der Waals surface area (Å²) >= 11 is 5.73. The van der Waals surface area contributed by atoms with Gasteiger partial charge in [-0.05, 0) is 70.9 Å². The third-order valence-corrected chi connectivity index (χ3v) is 4.43. The van der Waals surface area contributed by atoms with Crippen molar-refractivity contribution in [3.63, 3.8) is 0 Å². The molecule has 94 valence electrons. The number of rotatable bonds is 2. The van der Waals surface area contributed by atoms with Crippen LogP contribution in [0.4, 0.5) is 4.79 Å². The smallest absolute Gasteiger partial charge is 0.407 e. The van der Waals surface area contributed by atoms with E-state index in [2.05, 4.69) is 43.8 Å². The van der Waals surface area contributed by atoms with Gasteiger partial charge in [-0.3, -0.25) is 0 Å². The van der Waals surface area contributed by atoms with Gasteiger partial charge in [0, 0.05) is 14.6 Å². The Morgan fingerprint density at radius 3 is 2.71 bits per heavy atom. The summed E-state index contributed by atoms with van der Waals surface area (Å²) in [5, 5.41) is 2.73. The Kier molecular flexibility index (Phi) is 5.24. The standard InChI is InChI=1S/C12H15BrINO2/c1-12(2,3)17-11(16)15-7-8-5-4-6-9(14)10(8)13/h4-6H,7H2,1-3H3,(H,15,16). The van der Waals surface area contributed by atoms with Gasteiger partial charge in [-0.2, -0.15) is 0 Å². The average molecular weight is 412 g/mol. The largest absolute Gasteiger partial charge is 0.444 e. The molecule has 1 aromatic rings. The van der Waals surface area contributed by atoms with Crippen molar-refractivity contribution in [2.45, 2.75) is 32.9 Å². The Bertz CT molecular complexity index is 415. The van der Waals surface area contributed by atoms with Crippen LogP contribution in [0.2, 0.25) is 0 Å². The van der Waals surface area contributed by atoms with Crippen molar-refractivity contribution in [2.24, 2.45) is 0 Å². The highest BCUT2D eigenvalue weighted by molar-refractivity contribution is 14.1. The van der Waals surface area contributed by atoms with Gasteiger partial charge < -0.3 is 10.1 Å². The maximum absolute atomic E-state index is 11.5. The molecular formula is C12H15BrINO2. The van der Waals surface area contributed by atoms with E-state index in [1.165, 1.54) is 0 Å². The second-order valence-corrected chi connectivity index (χ2v) is 6.52. The van der Waals surface area contributed by atoms with E-state index in [0.717, 1.165) is 13.6 Å². The molecule has 0 heterocycles. The quantitative estimate of drug-likeness (QED) is 0.744. The number of nitrogens with one attached hydrogen (secondary N) is 1.